The third kappa shape index (κ3) is 2.86. The van der Waals surface area contributed by atoms with Crippen LogP contribution in [-0.2, 0) is 9.59 Å². The van der Waals surface area contributed by atoms with Gasteiger partial charge in [-0.05, 0) is 31.2 Å². The third-order valence-corrected chi connectivity index (χ3v) is 3.23. The van der Waals surface area contributed by atoms with Crippen molar-refractivity contribution >= 4 is 17.5 Å². The number of carbonyl (C=O) groups is 2. The lowest BCUT2D eigenvalue weighted by molar-refractivity contribution is -0.126. The number of methoxy groups -OCH3 is 1. The second-order valence-corrected chi connectivity index (χ2v) is 4.50. The van der Waals surface area contributed by atoms with Crippen molar-refractivity contribution < 1.29 is 14.3 Å². The van der Waals surface area contributed by atoms with Gasteiger partial charge < -0.3 is 15.0 Å². The van der Waals surface area contributed by atoms with Gasteiger partial charge in [0.2, 0.25) is 11.8 Å². The molecule has 1 unspecified atom stereocenters. The zero-order chi connectivity index (χ0) is 13.8. The first-order chi connectivity index (χ1) is 9.15. The average Bonchev–Trinajstić information content (AvgIpc) is 2.81. The van der Waals surface area contributed by atoms with Crippen molar-refractivity contribution in [2.75, 3.05) is 25.1 Å². The van der Waals surface area contributed by atoms with Crippen LogP contribution in [0, 0.1) is 5.92 Å². The van der Waals surface area contributed by atoms with Crippen LogP contribution in [0.4, 0.5) is 5.69 Å². The minimum Gasteiger partial charge on any atom is -0.497 e. The van der Waals surface area contributed by atoms with Crippen LogP contribution in [0.5, 0.6) is 5.75 Å². The maximum absolute atomic E-state index is 12.0. The SMILES string of the molecule is CCNC(=O)C1CC(=O)N(c2ccc(OC)cc2)C1. The van der Waals surface area contributed by atoms with Crippen LogP contribution >= 0.6 is 0 Å². The standard InChI is InChI=1S/C14H18N2O3/c1-3-15-14(18)10-8-13(17)16(9-10)11-4-6-12(19-2)7-5-11/h4-7,10H,3,8-9H2,1-2H3,(H,15,18). The number of ether oxygens (including phenoxy) is 1. The van der Waals surface area contributed by atoms with Gasteiger partial charge in [0.1, 0.15) is 5.75 Å². The Kier molecular flexibility index (Phi) is 4.04. The molecular weight excluding hydrogens is 244 g/mol. The fourth-order valence-electron chi connectivity index (χ4n) is 2.21. The van der Waals surface area contributed by atoms with Crippen LogP contribution in [0.25, 0.3) is 0 Å². The van der Waals surface area contributed by atoms with Crippen LogP contribution in [0.15, 0.2) is 24.3 Å². The lowest BCUT2D eigenvalue weighted by atomic mass is 10.1. The van der Waals surface area contributed by atoms with Crippen molar-refractivity contribution in [1.29, 1.82) is 0 Å². The van der Waals surface area contributed by atoms with Crippen LogP contribution in [0.2, 0.25) is 0 Å². The summed E-state index contributed by atoms with van der Waals surface area (Å²) in [6.07, 6.45) is 0.276. The molecule has 0 spiro atoms. The second-order valence-electron chi connectivity index (χ2n) is 4.50. The Hall–Kier alpha value is -2.04. The summed E-state index contributed by atoms with van der Waals surface area (Å²) in [4.78, 5) is 25.4. The molecule has 19 heavy (non-hydrogen) atoms. The van der Waals surface area contributed by atoms with Gasteiger partial charge in [-0.1, -0.05) is 0 Å². The van der Waals surface area contributed by atoms with E-state index >= 15 is 0 Å². The Morgan fingerprint density at radius 2 is 2.11 bits per heavy atom. The molecule has 1 fully saturated rings. The molecule has 0 saturated carbocycles. The van der Waals surface area contributed by atoms with Gasteiger partial charge in [-0.2, -0.15) is 0 Å². The van der Waals surface area contributed by atoms with E-state index in [1.54, 1.807) is 12.0 Å². The summed E-state index contributed by atoms with van der Waals surface area (Å²) in [6.45, 7) is 2.90. The van der Waals surface area contributed by atoms with Crippen LogP contribution < -0.4 is 15.0 Å². The van der Waals surface area contributed by atoms with Crippen molar-refractivity contribution in [3.05, 3.63) is 24.3 Å². The van der Waals surface area contributed by atoms with E-state index in [4.69, 9.17) is 4.74 Å². The van der Waals surface area contributed by atoms with Crippen LogP contribution in [-0.4, -0.2) is 32.0 Å². The molecule has 1 aliphatic heterocycles. The first kappa shape index (κ1) is 13.4. The number of nitrogens with one attached hydrogen (secondary N) is 1. The first-order valence-electron chi connectivity index (χ1n) is 6.37. The zero-order valence-corrected chi connectivity index (χ0v) is 11.2. The van der Waals surface area contributed by atoms with Crippen molar-refractivity contribution in [3.8, 4) is 5.75 Å². The highest BCUT2D eigenvalue weighted by Gasteiger charge is 2.34. The Balaban J connectivity index is 2.08. The number of carbonyl (C=O) groups excluding carboxylic acids is 2. The molecule has 1 heterocycles. The summed E-state index contributed by atoms with van der Waals surface area (Å²) in [5.41, 5.74) is 0.803. The molecule has 0 aromatic heterocycles. The molecule has 5 nitrogen and oxygen atoms in total. The minimum atomic E-state index is -0.255. The summed E-state index contributed by atoms with van der Waals surface area (Å²) in [6, 6.07) is 7.28. The average molecular weight is 262 g/mol. The van der Waals surface area contributed by atoms with Gasteiger partial charge in [-0.3, -0.25) is 9.59 Å². The predicted molar refractivity (Wildman–Crippen MR) is 72.1 cm³/mol. The Morgan fingerprint density at radius 3 is 2.68 bits per heavy atom. The molecule has 0 bridgehead atoms. The van der Waals surface area contributed by atoms with Gasteiger partial charge in [0, 0.05) is 25.2 Å². The Morgan fingerprint density at radius 1 is 1.42 bits per heavy atom. The second kappa shape index (κ2) is 5.73. The molecule has 0 radical (unpaired) electrons. The molecule has 2 amide bonds. The molecular formula is C14H18N2O3. The van der Waals surface area contributed by atoms with Gasteiger partial charge >= 0.3 is 0 Å². The topological polar surface area (TPSA) is 58.6 Å². The highest BCUT2D eigenvalue weighted by Crippen LogP contribution is 2.26. The lowest BCUT2D eigenvalue weighted by Gasteiger charge is -2.17. The summed E-state index contributed by atoms with van der Waals surface area (Å²) < 4.78 is 5.08. The van der Waals surface area contributed by atoms with E-state index in [1.165, 1.54) is 0 Å². The van der Waals surface area contributed by atoms with Gasteiger partial charge in [-0.25, -0.2) is 0 Å². The highest BCUT2D eigenvalue weighted by molar-refractivity contribution is 6.00. The molecule has 1 saturated heterocycles. The molecule has 1 N–H and O–H groups in total. The summed E-state index contributed by atoms with van der Waals surface area (Å²) in [5, 5.41) is 2.76. The maximum Gasteiger partial charge on any atom is 0.227 e. The van der Waals surface area contributed by atoms with Crippen molar-refractivity contribution in [3.63, 3.8) is 0 Å². The van der Waals surface area contributed by atoms with Gasteiger partial charge in [-0.15, -0.1) is 0 Å². The summed E-state index contributed by atoms with van der Waals surface area (Å²) in [5.74, 6) is 0.429. The molecule has 5 heteroatoms. The molecule has 1 aromatic carbocycles. The van der Waals surface area contributed by atoms with Crippen LogP contribution in [0.3, 0.4) is 0 Å². The van der Waals surface area contributed by atoms with E-state index in [0.29, 0.717) is 13.1 Å². The fourth-order valence-corrected chi connectivity index (χ4v) is 2.21. The van der Waals surface area contributed by atoms with Crippen molar-refractivity contribution in [2.45, 2.75) is 13.3 Å². The van der Waals surface area contributed by atoms with E-state index in [2.05, 4.69) is 5.32 Å². The van der Waals surface area contributed by atoms with Gasteiger partial charge in [0.15, 0.2) is 0 Å². The van der Waals surface area contributed by atoms with Gasteiger partial charge in [0.05, 0.1) is 13.0 Å². The molecule has 1 aliphatic rings. The van der Waals surface area contributed by atoms with E-state index in [1.807, 2.05) is 31.2 Å². The van der Waals surface area contributed by atoms with Crippen molar-refractivity contribution in [2.24, 2.45) is 5.92 Å². The lowest BCUT2D eigenvalue weighted by Crippen LogP contribution is -2.32. The van der Waals surface area contributed by atoms with E-state index in [0.717, 1.165) is 11.4 Å². The first-order valence-corrected chi connectivity index (χ1v) is 6.37. The minimum absolute atomic E-state index is 0.0126. The number of hydrogen-bond acceptors (Lipinski definition) is 3. The van der Waals surface area contributed by atoms with E-state index < -0.39 is 0 Å². The normalized spacial score (nSPS) is 18.5. The predicted octanol–water partition coefficient (Wildman–Crippen LogP) is 1.18. The third-order valence-electron chi connectivity index (χ3n) is 3.23. The molecule has 0 aliphatic carbocycles. The number of benzene rings is 1. The van der Waals surface area contributed by atoms with Gasteiger partial charge in [0.25, 0.3) is 0 Å². The molecule has 1 aromatic rings. The quantitative estimate of drug-likeness (QED) is 0.886. The van der Waals surface area contributed by atoms with Crippen molar-refractivity contribution in [1.82, 2.24) is 5.32 Å². The number of rotatable bonds is 4. The van der Waals surface area contributed by atoms with E-state index in [-0.39, 0.29) is 24.2 Å². The smallest absolute Gasteiger partial charge is 0.227 e. The Bertz CT molecular complexity index is 470. The molecule has 102 valence electrons. The maximum atomic E-state index is 12.0. The number of hydrogen-bond donors (Lipinski definition) is 1. The number of anilines is 1. The zero-order valence-electron chi connectivity index (χ0n) is 11.2. The number of amides is 2. The fraction of sp³-hybridized carbons (Fsp3) is 0.429. The monoisotopic (exact) mass is 262 g/mol. The molecule has 1 atom stereocenters. The highest BCUT2D eigenvalue weighted by atomic mass is 16.5. The summed E-state index contributed by atoms with van der Waals surface area (Å²) >= 11 is 0. The number of nitrogens with zero attached hydrogens (tertiary/aromatic N) is 1. The Labute approximate surface area is 112 Å². The summed E-state index contributed by atoms with van der Waals surface area (Å²) in [7, 11) is 1.60. The van der Waals surface area contributed by atoms with E-state index in [9.17, 15) is 9.59 Å². The van der Waals surface area contributed by atoms with Crippen LogP contribution in [0.1, 0.15) is 13.3 Å². The largest absolute Gasteiger partial charge is 0.497 e. The molecule has 2 rings (SSSR count).